The van der Waals surface area contributed by atoms with Gasteiger partial charge in [0.25, 0.3) is 0 Å². The van der Waals surface area contributed by atoms with Gasteiger partial charge in [-0.2, -0.15) is 11.8 Å². The predicted molar refractivity (Wildman–Crippen MR) is 55.4 cm³/mol. The zero-order valence-electron chi connectivity index (χ0n) is 8.24. The highest BCUT2D eigenvalue weighted by Gasteiger charge is 2.11. The molecule has 1 N–H and O–H groups in total. The van der Waals surface area contributed by atoms with Crippen molar-refractivity contribution in [2.75, 3.05) is 18.6 Å². The monoisotopic (exact) mass is 175 g/mol. The summed E-state index contributed by atoms with van der Waals surface area (Å²) >= 11 is 1.92. The van der Waals surface area contributed by atoms with Crippen LogP contribution in [-0.2, 0) is 0 Å². The molecule has 0 saturated heterocycles. The smallest absolute Gasteiger partial charge is 0.0122 e. The van der Waals surface area contributed by atoms with Crippen LogP contribution in [0.1, 0.15) is 33.6 Å². The molecule has 0 spiro atoms. The molecule has 0 rings (SSSR count). The molecule has 0 aliphatic carbocycles. The Kier molecular flexibility index (Phi) is 6.06. The Labute approximate surface area is 75.3 Å². The first kappa shape index (κ1) is 11.3. The van der Waals surface area contributed by atoms with Gasteiger partial charge >= 0.3 is 0 Å². The van der Waals surface area contributed by atoms with Crippen molar-refractivity contribution in [2.45, 2.75) is 39.2 Å². The van der Waals surface area contributed by atoms with Crippen LogP contribution in [-0.4, -0.2) is 24.1 Å². The van der Waals surface area contributed by atoms with E-state index in [1.807, 2.05) is 11.8 Å². The van der Waals surface area contributed by atoms with E-state index >= 15 is 0 Å². The van der Waals surface area contributed by atoms with E-state index in [0.29, 0.717) is 5.54 Å². The predicted octanol–water partition coefficient (Wildman–Crippen LogP) is 2.52. The van der Waals surface area contributed by atoms with E-state index in [0.717, 1.165) is 6.54 Å². The van der Waals surface area contributed by atoms with E-state index in [9.17, 15) is 0 Å². The average Bonchev–Trinajstić information content (AvgIpc) is 1.99. The van der Waals surface area contributed by atoms with Crippen LogP contribution >= 0.6 is 11.8 Å². The third-order valence-corrected chi connectivity index (χ3v) is 2.71. The maximum Gasteiger partial charge on any atom is 0.0122 e. The van der Waals surface area contributed by atoms with Crippen LogP contribution in [0.2, 0.25) is 0 Å². The first-order chi connectivity index (χ1) is 5.12. The van der Waals surface area contributed by atoms with Crippen LogP contribution in [0.15, 0.2) is 0 Å². The Balaban J connectivity index is 3.23. The number of hydrogen-bond acceptors (Lipinski definition) is 2. The summed E-state index contributed by atoms with van der Waals surface area (Å²) in [6, 6.07) is 0. The lowest BCUT2D eigenvalue weighted by molar-refractivity contribution is 0.378. The van der Waals surface area contributed by atoms with Gasteiger partial charge in [-0.15, -0.1) is 0 Å². The van der Waals surface area contributed by atoms with E-state index in [-0.39, 0.29) is 0 Å². The molecule has 0 heterocycles. The fourth-order valence-electron chi connectivity index (χ4n) is 0.768. The second-order valence-electron chi connectivity index (χ2n) is 3.51. The molecule has 0 fully saturated rings. The Morgan fingerprint density at radius 1 is 1.36 bits per heavy atom. The highest BCUT2D eigenvalue weighted by atomic mass is 32.2. The van der Waals surface area contributed by atoms with Crippen molar-refractivity contribution in [1.29, 1.82) is 0 Å². The zero-order valence-corrected chi connectivity index (χ0v) is 9.05. The molecule has 0 aliphatic rings. The maximum absolute atomic E-state index is 3.53. The molecule has 0 aromatic rings. The summed E-state index contributed by atoms with van der Waals surface area (Å²) in [6.45, 7) is 7.89. The van der Waals surface area contributed by atoms with Crippen LogP contribution in [0.4, 0.5) is 0 Å². The minimum Gasteiger partial charge on any atom is -0.312 e. The minimum atomic E-state index is 0.332. The van der Waals surface area contributed by atoms with Gasteiger partial charge in [-0.05, 0) is 45.2 Å². The first-order valence-corrected chi connectivity index (χ1v) is 5.75. The number of nitrogens with one attached hydrogen (secondary N) is 1. The molecular weight excluding hydrogens is 154 g/mol. The van der Waals surface area contributed by atoms with E-state index in [2.05, 4.69) is 32.3 Å². The van der Waals surface area contributed by atoms with Gasteiger partial charge in [-0.1, -0.05) is 6.92 Å². The molecule has 0 atom stereocenters. The minimum absolute atomic E-state index is 0.332. The van der Waals surface area contributed by atoms with Crippen molar-refractivity contribution in [2.24, 2.45) is 0 Å². The molecule has 2 heteroatoms. The van der Waals surface area contributed by atoms with Crippen molar-refractivity contribution < 1.29 is 0 Å². The van der Waals surface area contributed by atoms with E-state index < -0.39 is 0 Å². The Hall–Kier alpha value is 0.310. The molecular formula is C9H21NS. The van der Waals surface area contributed by atoms with Crippen molar-refractivity contribution in [1.82, 2.24) is 5.32 Å². The number of rotatable bonds is 6. The largest absolute Gasteiger partial charge is 0.312 e. The normalized spacial score (nSPS) is 12.0. The lowest BCUT2D eigenvalue weighted by Gasteiger charge is -2.24. The van der Waals surface area contributed by atoms with Gasteiger partial charge < -0.3 is 5.32 Å². The van der Waals surface area contributed by atoms with Gasteiger partial charge in [0.1, 0.15) is 0 Å². The standard InChI is InChI=1S/C9H21NS/c1-5-9(2,3)10-7-6-8-11-4/h10H,5-8H2,1-4H3. The SMILES string of the molecule is CCC(C)(C)NCCCSC. The van der Waals surface area contributed by atoms with Crippen molar-refractivity contribution >= 4 is 11.8 Å². The fraction of sp³-hybridized carbons (Fsp3) is 1.00. The highest BCUT2D eigenvalue weighted by Crippen LogP contribution is 2.06. The van der Waals surface area contributed by atoms with E-state index in [1.165, 1.54) is 18.6 Å². The van der Waals surface area contributed by atoms with Gasteiger partial charge in [0, 0.05) is 5.54 Å². The Morgan fingerprint density at radius 3 is 2.45 bits per heavy atom. The molecule has 0 amide bonds. The lowest BCUT2D eigenvalue weighted by Crippen LogP contribution is -2.39. The number of hydrogen-bond donors (Lipinski definition) is 1. The molecule has 0 aromatic carbocycles. The van der Waals surface area contributed by atoms with Crippen molar-refractivity contribution in [3.8, 4) is 0 Å². The Bertz CT molecular complexity index is 91.6. The average molecular weight is 175 g/mol. The van der Waals surface area contributed by atoms with Crippen molar-refractivity contribution in [3.05, 3.63) is 0 Å². The summed E-state index contributed by atoms with van der Waals surface area (Å²) in [6.07, 6.45) is 4.64. The second-order valence-corrected chi connectivity index (χ2v) is 4.50. The third kappa shape index (κ3) is 6.70. The van der Waals surface area contributed by atoms with Gasteiger partial charge in [0.05, 0.1) is 0 Å². The summed E-state index contributed by atoms with van der Waals surface area (Å²) in [7, 11) is 0. The molecule has 11 heavy (non-hydrogen) atoms. The molecule has 0 bridgehead atoms. The van der Waals surface area contributed by atoms with E-state index in [4.69, 9.17) is 0 Å². The first-order valence-electron chi connectivity index (χ1n) is 4.36. The maximum atomic E-state index is 3.53. The third-order valence-electron chi connectivity index (χ3n) is 2.01. The summed E-state index contributed by atoms with van der Waals surface area (Å²) < 4.78 is 0. The number of thioether (sulfide) groups is 1. The van der Waals surface area contributed by atoms with Crippen molar-refractivity contribution in [3.63, 3.8) is 0 Å². The molecule has 0 aromatic heterocycles. The Morgan fingerprint density at radius 2 is 2.00 bits per heavy atom. The quantitative estimate of drug-likeness (QED) is 0.623. The van der Waals surface area contributed by atoms with Gasteiger partial charge in [-0.25, -0.2) is 0 Å². The molecule has 0 saturated carbocycles. The molecule has 0 aliphatic heterocycles. The summed E-state index contributed by atoms with van der Waals surface area (Å²) in [5, 5.41) is 3.53. The molecule has 0 radical (unpaired) electrons. The molecule has 1 nitrogen and oxygen atoms in total. The highest BCUT2D eigenvalue weighted by molar-refractivity contribution is 7.98. The molecule has 68 valence electrons. The zero-order chi connectivity index (χ0) is 8.74. The summed E-state index contributed by atoms with van der Waals surface area (Å²) in [5.74, 6) is 1.27. The van der Waals surface area contributed by atoms with Crippen LogP contribution in [0, 0.1) is 0 Å². The summed E-state index contributed by atoms with van der Waals surface area (Å²) in [5.41, 5.74) is 0.332. The molecule has 0 unspecified atom stereocenters. The summed E-state index contributed by atoms with van der Waals surface area (Å²) in [4.78, 5) is 0. The van der Waals surface area contributed by atoms with E-state index in [1.54, 1.807) is 0 Å². The van der Waals surface area contributed by atoms with Gasteiger partial charge in [-0.3, -0.25) is 0 Å². The van der Waals surface area contributed by atoms with Crippen LogP contribution < -0.4 is 5.32 Å². The topological polar surface area (TPSA) is 12.0 Å². The van der Waals surface area contributed by atoms with Crippen LogP contribution in [0.3, 0.4) is 0 Å². The lowest BCUT2D eigenvalue weighted by atomic mass is 10.0. The van der Waals surface area contributed by atoms with Gasteiger partial charge in [0.2, 0.25) is 0 Å². The second kappa shape index (κ2) is 5.90. The van der Waals surface area contributed by atoms with Crippen LogP contribution in [0.25, 0.3) is 0 Å². The van der Waals surface area contributed by atoms with Gasteiger partial charge in [0.15, 0.2) is 0 Å². The fourth-order valence-corrected chi connectivity index (χ4v) is 1.20. The van der Waals surface area contributed by atoms with Crippen LogP contribution in [0.5, 0.6) is 0 Å².